The lowest BCUT2D eigenvalue weighted by molar-refractivity contribution is 0.499. The fourth-order valence-corrected chi connectivity index (χ4v) is 6.48. The van der Waals surface area contributed by atoms with Crippen molar-refractivity contribution >= 4 is 7.44 Å². The summed E-state index contributed by atoms with van der Waals surface area (Å²) in [6.45, 7) is 8.74. The van der Waals surface area contributed by atoms with Gasteiger partial charge in [-0.2, -0.15) is 0 Å². The van der Waals surface area contributed by atoms with E-state index in [4.69, 9.17) is 0 Å². The van der Waals surface area contributed by atoms with Crippen LogP contribution >= 0.6 is 7.44 Å². The minimum absolute atomic E-state index is 0.559. The molecule has 0 saturated carbocycles. The van der Waals surface area contributed by atoms with Crippen molar-refractivity contribution in [2.24, 2.45) is 0 Å². The van der Waals surface area contributed by atoms with E-state index in [1.54, 1.807) is 0 Å². The molecular formula is C14H29N2OP. The van der Waals surface area contributed by atoms with Crippen molar-refractivity contribution in [3.05, 3.63) is 0 Å². The predicted octanol–water partition coefficient (Wildman–Crippen LogP) is 3.95. The molecule has 4 atom stereocenters. The summed E-state index contributed by atoms with van der Waals surface area (Å²) in [5, 5.41) is 0. The molecule has 0 bridgehead atoms. The highest BCUT2D eigenvalue weighted by atomic mass is 31.2. The zero-order valence-electron chi connectivity index (χ0n) is 12.3. The second kappa shape index (κ2) is 6.07. The first-order valence-corrected chi connectivity index (χ1v) is 9.52. The Kier molecular flexibility index (Phi) is 4.91. The second-order valence-electron chi connectivity index (χ2n) is 6.10. The van der Waals surface area contributed by atoms with Gasteiger partial charge < -0.3 is 0 Å². The van der Waals surface area contributed by atoms with E-state index in [0.29, 0.717) is 12.1 Å². The molecule has 2 aliphatic rings. The van der Waals surface area contributed by atoms with Crippen molar-refractivity contribution in [3.8, 4) is 0 Å². The Morgan fingerprint density at radius 2 is 1.39 bits per heavy atom. The fraction of sp³-hybridized carbons (Fsp3) is 1.00. The summed E-state index contributed by atoms with van der Waals surface area (Å²) < 4.78 is 17.6. The Labute approximate surface area is 112 Å². The minimum Gasteiger partial charge on any atom is -0.289 e. The maximum Gasteiger partial charge on any atom is 0.217 e. The molecule has 0 aliphatic carbocycles. The summed E-state index contributed by atoms with van der Waals surface area (Å²) in [5.41, 5.74) is 0. The van der Waals surface area contributed by atoms with Crippen LogP contribution in [0.3, 0.4) is 0 Å². The number of nitrogens with zero attached hydrogens (tertiary/aromatic N) is 2. The number of unbranched alkanes of at least 4 members (excludes halogenated alkanes) is 5. The highest BCUT2D eigenvalue weighted by Gasteiger charge is 2.53. The zero-order valence-corrected chi connectivity index (χ0v) is 13.2. The third-order valence-electron chi connectivity index (χ3n) is 4.26. The monoisotopic (exact) mass is 272 g/mol. The third kappa shape index (κ3) is 3.37. The van der Waals surface area contributed by atoms with Gasteiger partial charge in [0.2, 0.25) is 7.44 Å². The van der Waals surface area contributed by atoms with Crippen LogP contribution in [0, 0.1) is 0 Å². The van der Waals surface area contributed by atoms with Gasteiger partial charge in [0.05, 0.1) is 0 Å². The van der Waals surface area contributed by atoms with Crippen molar-refractivity contribution in [1.29, 1.82) is 0 Å². The second-order valence-corrected chi connectivity index (χ2v) is 8.90. The lowest BCUT2D eigenvalue weighted by Crippen LogP contribution is -2.11. The molecule has 2 rings (SSSR count). The predicted molar refractivity (Wildman–Crippen MR) is 78.2 cm³/mol. The van der Waals surface area contributed by atoms with E-state index in [1.165, 1.54) is 32.1 Å². The van der Waals surface area contributed by atoms with Gasteiger partial charge in [0.1, 0.15) is 0 Å². The maximum atomic E-state index is 13.1. The van der Waals surface area contributed by atoms with E-state index in [9.17, 15) is 4.57 Å². The van der Waals surface area contributed by atoms with Crippen molar-refractivity contribution in [2.75, 3.05) is 19.3 Å². The van der Waals surface area contributed by atoms with Crippen LogP contribution in [0.25, 0.3) is 0 Å². The van der Waals surface area contributed by atoms with Crippen molar-refractivity contribution in [3.63, 3.8) is 0 Å². The lowest BCUT2D eigenvalue weighted by Gasteiger charge is -2.21. The molecular weight excluding hydrogens is 243 g/mol. The van der Waals surface area contributed by atoms with Gasteiger partial charge in [-0.15, -0.1) is 0 Å². The summed E-state index contributed by atoms with van der Waals surface area (Å²) in [6, 6.07) is 1.12. The molecule has 4 heteroatoms. The summed E-state index contributed by atoms with van der Waals surface area (Å²) >= 11 is 0. The molecule has 0 aromatic carbocycles. The van der Waals surface area contributed by atoms with Crippen LogP contribution in [-0.4, -0.2) is 40.7 Å². The number of hydrogen-bond donors (Lipinski definition) is 0. The van der Waals surface area contributed by atoms with Gasteiger partial charge in [0, 0.05) is 31.3 Å². The van der Waals surface area contributed by atoms with Gasteiger partial charge in [0.25, 0.3) is 0 Å². The molecule has 3 nitrogen and oxygen atoms in total. The standard InChI is InChI=1S/C14H29N2OP/c1-4-5-6-7-8-9-10-18(17,15-11-13(15)2)16-12-14(16)3/h13-14H,4-12H2,1-3H3/t13-,14-,15?,16?,18?/m0/s1. The quantitative estimate of drug-likeness (QED) is 0.361. The molecule has 2 heterocycles. The van der Waals surface area contributed by atoms with Crippen LogP contribution in [0.4, 0.5) is 0 Å². The molecule has 2 saturated heterocycles. The topological polar surface area (TPSA) is 23.1 Å². The van der Waals surface area contributed by atoms with E-state index in [2.05, 4.69) is 30.1 Å². The largest absolute Gasteiger partial charge is 0.289 e. The molecule has 0 aromatic heterocycles. The summed E-state index contributed by atoms with van der Waals surface area (Å²) in [7, 11) is -2.14. The van der Waals surface area contributed by atoms with Crippen LogP contribution in [0.1, 0.15) is 59.3 Å². The van der Waals surface area contributed by atoms with Gasteiger partial charge in [0.15, 0.2) is 0 Å². The Bertz CT molecular complexity index is 301. The number of rotatable bonds is 9. The van der Waals surface area contributed by atoms with E-state index in [0.717, 1.165) is 25.7 Å². The summed E-state index contributed by atoms with van der Waals surface area (Å²) in [4.78, 5) is 0. The smallest absolute Gasteiger partial charge is 0.217 e. The third-order valence-corrected chi connectivity index (χ3v) is 7.88. The summed E-state index contributed by atoms with van der Waals surface area (Å²) in [5.74, 6) is 0. The molecule has 0 N–H and O–H groups in total. The van der Waals surface area contributed by atoms with E-state index in [1.807, 2.05) is 0 Å². The molecule has 0 aromatic rings. The van der Waals surface area contributed by atoms with Crippen LogP contribution in [0.5, 0.6) is 0 Å². The summed E-state index contributed by atoms with van der Waals surface area (Å²) in [6.07, 6.45) is 8.65. The Balaban J connectivity index is 1.72. The first kappa shape index (κ1) is 14.6. The molecule has 18 heavy (non-hydrogen) atoms. The van der Waals surface area contributed by atoms with Crippen molar-refractivity contribution in [2.45, 2.75) is 71.4 Å². The Morgan fingerprint density at radius 3 is 1.83 bits per heavy atom. The normalized spacial score (nSPS) is 37.3. The van der Waals surface area contributed by atoms with E-state index < -0.39 is 7.44 Å². The maximum absolute atomic E-state index is 13.1. The van der Waals surface area contributed by atoms with E-state index >= 15 is 0 Å². The van der Waals surface area contributed by atoms with Gasteiger partial charge in [-0.25, -0.2) is 9.34 Å². The molecule has 2 aliphatic heterocycles. The average Bonchev–Trinajstić information content (AvgIpc) is 3.22. The van der Waals surface area contributed by atoms with Gasteiger partial charge in [-0.3, -0.25) is 4.57 Å². The SMILES string of the molecule is CCCCCCCCP(=O)(N1C[C@@H]1C)N1C[C@@H]1C. The van der Waals surface area contributed by atoms with Gasteiger partial charge in [-0.05, 0) is 20.3 Å². The molecule has 106 valence electrons. The van der Waals surface area contributed by atoms with Crippen LogP contribution in [-0.2, 0) is 4.57 Å². The zero-order chi connectivity index (χ0) is 13.2. The molecule has 0 spiro atoms. The van der Waals surface area contributed by atoms with Crippen LogP contribution in [0.15, 0.2) is 0 Å². The highest BCUT2D eigenvalue weighted by Crippen LogP contribution is 2.64. The van der Waals surface area contributed by atoms with Crippen molar-refractivity contribution < 1.29 is 4.57 Å². The average molecular weight is 272 g/mol. The molecule has 2 fully saturated rings. The minimum atomic E-state index is -2.14. The molecule has 0 amide bonds. The van der Waals surface area contributed by atoms with Gasteiger partial charge >= 0.3 is 0 Å². The van der Waals surface area contributed by atoms with Crippen LogP contribution in [0.2, 0.25) is 0 Å². The van der Waals surface area contributed by atoms with Crippen LogP contribution < -0.4 is 0 Å². The highest BCUT2D eigenvalue weighted by molar-refractivity contribution is 7.59. The van der Waals surface area contributed by atoms with E-state index in [-0.39, 0.29) is 0 Å². The Morgan fingerprint density at radius 1 is 0.944 bits per heavy atom. The fourth-order valence-electron chi connectivity index (χ4n) is 2.82. The van der Waals surface area contributed by atoms with Crippen molar-refractivity contribution in [1.82, 2.24) is 9.34 Å². The lowest BCUT2D eigenvalue weighted by atomic mass is 10.1. The molecule has 0 radical (unpaired) electrons. The number of hydrogen-bond acceptors (Lipinski definition) is 1. The van der Waals surface area contributed by atoms with Gasteiger partial charge in [-0.1, -0.05) is 39.0 Å². The first-order chi connectivity index (χ1) is 8.59. The Hall–Kier alpha value is 0.150. The molecule has 2 unspecified atom stereocenters. The first-order valence-electron chi connectivity index (χ1n) is 7.73.